The number of hydrogen-bond acceptors (Lipinski definition) is 3. The van der Waals surface area contributed by atoms with Crippen molar-refractivity contribution in [2.45, 2.75) is 59.0 Å². The largest absolute Gasteiger partial charge is 0.298 e. The molecular weight excluding hydrogens is 344 g/mol. The van der Waals surface area contributed by atoms with Crippen LogP contribution in [0.5, 0.6) is 0 Å². The second kappa shape index (κ2) is 8.00. The fraction of sp³-hybridized carbons (Fsp3) is 0.625. The number of piperidine rings is 1. The molecule has 1 unspecified atom stereocenters. The van der Waals surface area contributed by atoms with Gasteiger partial charge in [0.05, 0.1) is 6.20 Å². The van der Waals surface area contributed by atoms with E-state index in [-0.39, 0.29) is 0 Å². The molecule has 0 bridgehead atoms. The van der Waals surface area contributed by atoms with Crippen LogP contribution in [-0.4, -0.2) is 45.8 Å². The average Bonchev–Trinajstić information content (AvgIpc) is 3.20. The Balaban J connectivity index is 1.36. The summed E-state index contributed by atoms with van der Waals surface area (Å²) in [4.78, 5) is 5.36. The van der Waals surface area contributed by atoms with Crippen molar-refractivity contribution in [3.05, 3.63) is 52.8 Å². The zero-order valence-corrected chi connectivity index (χ0v) is 18.1. The van der Waals surface area contributed by atoms with E-state index in [1.807, 2.05) is 17.9 Å². The van der Waals surface area contributed by atoms with E-state index >= 15 is 0 Å². The highest BCUT2D eigenvalue weighted by atomic mass is 15.3. The molecule has 3 heterocycles. The molecule has 2 aliphatic heterocycles. The summed E-state index contributed by atoms with van der Waals surface area (Å²) in [5.41, 5.74) is 6.08. The summed E-state index contributed by atoms with van der Waals surface area (Å²) in [6.45, 7) is 13.8. The van der Waals surface area contributed by atoms with E-state index in [1.54, 1.807) is 0 Å². The minimum absolute atomic E-state index is 0.492. The molecule has 0 aliphatic carbocycles. The van der Waals surface area contributed by atoms with E-state index in [0.29, 0.717) is 11.3 Å². The smallest absolute Gasteiger partial charge is 0.0537 e. The number of aromatic nitrogens is 2. The van der Waals surface area contributed by atoms with Gasteiger partial charge in [-0.05, 0) is 61.7 Å². The van der Waals surface area contributed by atoms with Gasteiger partial charge >= 0.3 is 0 Å². The molecule has 4 heteroatoms. The summed E-state index contributed by atoms with van der Waals surface area (Å²) in [5, 5.41) is 4.42. The Labute approximate surface area is 170 Å². The molecule has 0 radical (unpaired) electrons. The van der Waals surface area contributed by atoms with E-state index in [2.05, 4.69) is 59.9 Å². The van der Waals surface area contributed by atoms with Gasteiger partial charge in [0.25, 0.3) is 0 Å². The second-order valence-corrected chi connectivity index (χ2v) is 9.55. The lowest BCUT2D eigenvalue weighted by molar-refractivity contribution is 0.0866. The number of rotatable bonds is 5. The molecule has 1 atom stereocenters. The highest BCUT2D eigenvalue weighted by Crippen LogP contribution is 2.40. The normalized spacial score (nSPS) is 23.9. The number of nitrogens with zero attached hydrogens (tertiary/aromatic N) is 4. The van der Waals surface area contributed by atoms with Crippen LogP contribution in [0, 0.1) is 12.3 Å². The molecule has 4 nitrogen and oxygen atoms in total. The minimum Gasteiger partial charge on any atom is -0.298 e. The third kappa shape index (κ3) is 4.18. The van der Waals surface area contributed by atoms with Crippen molar-refractivity contribution < 1.29 is 0 Å². The Morgan fingerprint density at radius 2 is 1.71 bits per heavy atom. The average molecular weight is 381 g/mol. The van der Waals surface area contributed by atoms with Gasteiger partial charge in [0.2, 0.25) is 0 Å². The minimum atomic E-state index is 0.492. The molecule has 1 aromatic carbocycles. The van der Waals surface area contributed by atoms with Crippen LogP contribution in [0.15, 0.2) is 30.5 Å². The third-order valence-corrected chi connectivity index (χ3v) is 7.04. The first-order valence-electron chi connectivity index (χ1n) is 11.0. The molecule has 4 rings (SSSR count). The van der Waals surface area contributed by atoms with E-state index in [1.165, 1.54) is 67.8 Å². The Morgan fingerprint density at radius 3 is 2.36 bits per heavy atom. The molecule has 0 N–H and O–H groups in total. The Bertz CT molecular complexity index is 791. The predicted octanol–water partition coefficient (Wildman–Crippen LogP) is 4.34. The van der Waals surface area contributed by atoms with Crippen molar-refractivity contribution in [2.75, 3.05) is 26.2 Å². The van der Waals surface area contributed by atoms with Crippen LogP contribution in [0.3, 0.4) is 0 Å². The molecule has 0 amide bonds. The zero-order chi connectivity index (χ0) is 19.7. The third-order valence-electron chi connectivity index (χ3n) is 7.04. The first-order chi connectivity index (χ1) is 13.4. The number of likely N-dealkylation sites (tertiary alicyclic amines) is 2. The molecule has 152 valence electrons. The fourth-order valence-electron chi connectivity index (χ4n) is 5.15. The van der Waals surface area contributed by atoms with Crippen LogP contribution in [0.25, 0.3) is 0 Å². The van der Waals surface area contributed by atoms with Crippen LogP contribution >= 0.6 is 0 Å². The van der Waals surface area contributed by atoms with Gasteiger partial charge in [-0.2, -0.15) is 5.10 Å². The lowest BCUT2D eigenvalue weighted by Crippen LogP contribution is -2.44. The van der Waals surface area contributed by atoms with Crippen LogP contribution in [0.2, 0.25) is 0 Å². The SMILES string of the molecule is Cc1c(CN2CCC3(CCCN(Cc4ccc(C(C)C)cc4)C3)C2)cnn1C. The van der Waals surface area contributed by atoms with E-state index in [0.717, 1.165) is 13.1 Å². The van der Waals surface area contributed by atoms with Gasteiger partial charge in [0.15, 0.2) is 0 Å². The molecular formula is C24H36N4. The van der Waals surface area contributed by atoms with Gasteiger partial charge in [-0.15, -0.1) is 0 Å². The van der Waals surface area contributed by atoms with Gasteiger partial charge < -0.3 is 0 Å². The van der Waals surface area contributed by atoms with Gasteiger partial charge in [-0.25, -0.2) is 0 Å². The van der Waals surface area contributed by atoms with Gasteiger partial charge in [-0.3, -0.25) is 14.5 Å². The van der Waals surface area contributed by atoms with Crippen molar-refractivity contribution in [3.8, 4) is 0 Å². The molecule has 1 aromatic heterocycles. The van der Waals surface area contributed by atoms with Crippen molar-refractivity contribution in [1.82, 2.24) is 19.6 Å². The molecule has 28 heavy (non-hydrogen) atoms. The highest BCUT2D eigenvalue weighted by Gasteiger charge is 2.41. The van der Waals surface area contributed by atoms with Crippen LogP contribution in [0.4, 0.5) is 0 Å². The summed E-state index contributed by atoms with van der Waals surface area (Å²) in [5.74, 6) is 0.611. The van der Waals surface area contributed by atoms with E-state index in [9.17, 15) is 0 Å². The van der Waals surface area contributed by atoms with Crippen LogP contribution in [-0.2, 0) is 20.1 Å². The van der Waals surface area contributed by atoms with Crippen molar-refractivity contribution >= 4 is 0 Å². The Kier molecular flexibility index (Phi) is 5.62. The maximum absolute atomic E-state index is 4.42. The maximum atomic E-state index is 4.42. The molecule has 1 spiro atoms. The summed E-state index contributed by atoms with van der Waals surface area (Å²) >= 11 is 0. The van der Waals surface area contributed by atoms with Gasteiger partial charge in [0, 0.05) is 44.5 Å². The van der Waals surface area contributed by atoms with Crippen molar-refractivity contribution in [2.24, 2.45) is 12.5 Å². The lowest BCUT2D eigenvalue weighted by Gasteiger charge is -2.40. The molecule has 2 saturated heterocycles. The quantitative estimate of drug-likeness (QED) is 0.771. The number of hydrogen-bond donors (Lipinski definition) is 0. The lowest BCUT2D eigenvalue weighted by atomic mass is 9.79. The fourth-order valence-corrected chi connectivity index (χ4v) is 5.15. The van der Waals surface area contributed by atoms with E-state index < -0.39 is 0 Å². The standard InChI is InChI=1S/C24H36N4/c1-19(2)22-8-6-21(7-9-22)15-27-12-5-10-24(17-27)11-13-28(18-24)16-23-14-25-26(4)20(23)3/h6-9,14,19H,5,10-13,15-18H2,1-4H3. The summed E-state index contributed by atoms with van der Waals surface area (Å²) in [6.07, 6.45) is 6.12. The van der Waals surface area contributed by atoms with Gasteiger partial charge in [0.1, 0.15) is 0 Å². The maximum Gasteiger partial charge on any atom is 0.0537 e. The molecule has 2 aliphatic rings. The predicted molar refractivity (Wildman–Crippen MR) is 115 cm³/mol. The number of benzene rings is 1. The zero-order valence-electron chi connectivity index (χ0n) is 18.1. The topological polar surface area (TPSA) is 24.3 Å². The monoisotopic (exact) mass is 380 g/mol. The first kappa shape index (κ1) is 19.7. The summed E-state index contributed by atoms with van der Waals surface area (Å²) in [6, 6.07) is 9.30. The Hall–Kier alpha value is -1.65. The van der Waals surface area contributed by atoms with Crippen molar-refractivity contribution in [1.29, 1.82) is 0 Å². The highest BCUT2D eigenvalue weighted by molar-refractivity contribution is 5.24. The molecule has 2 aromatic rings. The van der Waals surface area contributed by atoms with Crippen molar-refractivity contribution in [3.63, 3.8) is 0 Å². The van der Waals surface area contributed by atoms with E-state index in [4.69, 9.17) is 0 Å². The van der Waals surface area contributed by atoms with Crippen LogP contribution < -0.4 is 0 Å². The first-order valence-corrected chi connectivity index (χ1v) is 11.0. The summed E-state index contributed by atoms with van der Waals surface area (Å²) in [7, 11) is 2.04. The van der Waals surface area contributed by atoms with Crippen LogP contribution in [0.1, 0.15) is 61.4 Å². The Morgan fingerprint density at radius 1 is 1.00 bits per heavy atom. The number of aryl methyl sites for hydroxylation is 1. The second-order valence-electron chi connectivity index (χ2n) is 9.55. The summed E-state index contributed by atoms with van der Waals surface area (Å²) < 4.78 is 1.99. The van der Waals surface area contributed by atoms with Gasteiger partial charge in [-0.1, -0.05) is 38.1 Å². The molecule has 0 saturated carbocycles. The molecule has 2 fully saturated rings.